The summed E-state index contributed by atoms with van der Waals surface area (Å²) in [5.74, 6) is -0.748. The average Bonchev–Trinajstić information content (AvgIpc) is 2.71. The fourth-order valence-corrected chi connectivity index (χ4v) is 2.14. The fourth-order valence-electron chi connectivity index (χ4n) is 2.14. The first-order valence-corrected chi connectivity index (χ1v) is 6.23. The molecule has 0 bridgehead atoms. The third-order valence-electron chi connectivity index (χ3n) is 3.37. The molecule has 2 rings (SSSR count). The van der Waals surface area contributed by atoms with E-state index in [-0.39, 0.29) is 17.6 Å². The quantitative estimate of drug-likeness (QED) is 0.790. The zero-order valence-corrected chi connectivity index (χ0v) is 11.3. The molecule has 0 aliphatic rings. The molecule has 0 spiro atoms. The van der Waals surface area contributed by atoms with E-state index < -0.39 is 0 Å². The molecule has 2 aromatic rings. The maximum atomic E-state index is 11.6. The number of carbonyl (C=O) groups excluding carboxylic acids is 1. The Morgan fingerprint density at radius 3 is 2.84 bits per heavy atom. The maximum absolute atomic E-state index is 11.6. The van der Waals surface area contributed by atoms with Gasteiger partial charge < -0.3 is 9.15 Å². The van der Waals surface area contributed by atoms with E-state index in [1.54, 1.807) is 13.1 Å². The van der Waals surface area contributed by atoms with Gasteiger partial charge >= 0.3 is 11.7 Å². The molecule has 0 saturated heterocycles. The van der Waals surface area contributed by atoms with E-state index in [4.69, 9.17) is 9.15 Å². The van der Waals surface area contributed by atoms with Crippen LogP contribution in [0.25, 0.3) is 11.1 Å². The van der Waals surface area contributed by atoms with Gasteiger partial charge in [-0.25, -0.2) is 4.79 Å². The van der Waals surface area contributed by atoms with E-state index in [1.165, 1.54) is 11.7 Å². The van der Waals surface area contributed by atoms with Crippen LogP contribution in [0.5, 0.6) is 0 Å². The number of hydrogen-bond acceptors (Lipinski definition) is 4. The van der Waals surface area contributed by atoms with Gasteiger partial charge in [0.15, 0.2) is 5.58 Å². The molecule has 1 aromatic heterocycles. The number of hydrogen-bond donors (Lipinski definition) is 0. The lowest BCUT2D eigenvalue weighted by molar-refractivity contribution is -0.145. The predicted octanol–water partition coefficient (Wildman–Crippen LogP) is 1.87. The van der Waals surface area contributed by atoms with Gasteiger partial charge in [0.05, 0.1) is 18.5 Å². The molecular formula is C14H17NO4. The molecule has 0 aliphatic heterocycles. The van der Waals surface area contributed by atoms with Crippen molar-refractivity contribution in [1.82, 2.24) is 4.57 Å². The van der Waals surface area contributed by atoms with Crippen LogP contribution in [-0.2, 0) is 23.0 Å². The van der Waals surface area contributed by atoms with Crippen molar-refractivity contribution in [2.75, 3.05) is 7.11 Å². The summed E-state index contributed by atoms with van der Waals surface area (Å²) in [4.78, 5) is 23.0. The van der Waals surface area contributed by atoms with Gasteiger partial charge in [0.25, 0.3) is 0 Å². The van der Waals surface area contributed by atoms with Crippen molar-refractivity contribution in [2.24, 2.45) is 13.0 Å². The monoisotopic (exact) mass is 263 g/mol. The largest absolute Gasteiger partial charge is 0.469 e. The van der Waals surface area contributed by atoms with Gasteiger partial charge in [-0.1, -0.05) is 13.0 Å². The summed E-state index contributed by atoms with van der Waals surface area (Å²) in [5.41, 5.74) is 2.28. The second kappa shape index (κ2) is 5.30. The van der Waals surface area contributed by atoms with Gasteiger partial charge in [0, 0.05) is 7.05 Å². The fraction of sp³-hybridized carbons (Fsp3) is 0.429. The summed E-state index contributed by atoms with van der Waals surface area (Å²) in [6, 6.07) is 5.51. The summed E-state index contributed by atoms with van der Waals surface area (Å²) in [5, 5.41) is 0. The smallest absolute Gasteiger partial charge is 0.419 e. The Morgan fingerprint density at radius 1 is 1.47 bits per heavy atom. The van der Waals surface area contributed by atoms with Crippen molar-refractivity contribution >= 4 is 17.1 Å². The number of ether oxygens (including phenoxy) is 1. The molecule has 1 unspecified atom stereocenters. The number of methoxy groups -OCH3 is 1. The molecule has 5 heteroatoms. The highest BCUT2D eigenvalue weighted by molar-refractivity contribution is 5.75. The van der Waals surface area contributed by atoms with Crippen LogP contribution in [0.2, 0.25) is 0 Å². The van der Waals surface area contributed by atoms with Crippen LogP contribution in [0.4, 0.5) is 0 Å². The number of rotatable bonds is 4. The van der Waals surface area contributed by atoms with Gasteiger partial charge in [-0.3, -0.25) is 9.36 Å². The summed E-state index contributed by atoms with van der Waals surface area (Å²) in [7, 11) is 3.06. The maximum Gasteiger partial charge on any atom is 0.419 e. The van der Waals surface area contributed by atoms with Gasteiger partial charge in [-0.05, 0) is 30.5 Å². The standard InChI is InChI=1S/C14H17NO4/c1-4-10(13(16)18-3)7-9-5-6-12-11(8-9)15(2)14(17)19-12/h5-6,8,10H,4,7H2,1-3H3. The van der Waals surface area contributed by atoms with Gasteiger partial charge in [0.2, 0.25) is 0 Å². The topological polar surface area (TPSA) is 61.4 Å². The lowest BCUT2D eigenvalue weighted by Gasteiger charge is -2.12. The number of fused-ring (bicyclic) bond motifs is 1. The Morgan fingerprint density at radius 2 is 2.21 bits per heavy atom. The molecule has 0 aliphatic carbocycles. The highest BCUT2D eigenvalue weighted by Gasteiger charge is 2.18. The van der Waals surface area contributed by atoms with Crippen molar-refractivity contribution in [3.8, 4) is 0 Å². The van der Waals surface area contributed by atoms with E-state index in [9.17, 15) is 9.59 Å². The lowest BCUT2D eigenvalue weighted by atomic mass is 9.97. The second-order valence-electron chi connectivity index (χ2n) is 4.56. The molecule has 5 nitrogen and oxygen atoms in total. The zero-order chi connectivity index (χ0) is 14.0. The van der Waals surface area contributed by atoms with Crippen molar-refractivity contribution in [3.05, 3.63) is 34.3 Å². The van der Waals surface area contributed by atoms with Crippen LogP contribution in [0, 0.1) is 5.92 Å². The molecule has 1 atom stereocenters. The SMILES string of the molecule is CCC(Cc1ccc2oc(=O)n(C)c2c1)C(=O)OC. The number of oxazole rings is 1. The number of carbonyl (C=O) groups is 1. The summed E-state index contributed by atoms with van der Waals surface area (Å²) in [6.07, 6.45) is 1.31. The van der Waals surface area contributed by atoms with Crippen LogP contribution >= 0.6 is 0 Å². The number of aromatic nitrogens is 1. The van der Waals surface area contributed by atoms with Gasteiger partial charge in [-0.2, -0.15) is 0 Å². The van der Waals surface area contributed by atoms with E-state index in [0.717, 1.165) is 17.5 Å². The summed E-state index contributed by atoms with van der Waals surface area (Å²) >= 11 is 0. The first kappa shape index (κ1) is 13.4. The molecule has 0 fully saturated rings. The van der Waals surface area contributed by atoms with Crippen molar-refractivity contribution in [3.63, 3.8) is 0 Å². The van der Waals surface area contributed by atoms with E-state index >= 15 is 0 Å². The predicted molar refractivity (Wildman–Crippen MR) is 71.0 cm³/mol. The molecular weight excluding hydrogens is 246 g/mol. The third kappa shape index (κ3) is 2.54. The lowest BCUT2D eigenvalue weighted by Crippen LogP contribution is -2.17. The number of aryl methyl sites for hydroxylation is 1. The van der Waals surface area contributed by atoms with E-state index in [0.29, 0.717) is 12.0 Å². The number of benzene rings is 1. The number of esters is 1. The van der Waals surface area contributed by atoms with Crippen molar-refractivity contribution in [2.45, 2.75) is 19.8 Å². The third-order valence-corrected chi connectivity index (χ3v) is 3.37. The van der Waals surface area contributed by atoms with Crippen LogP contribution in [0.1, 0.15) is 18.9 Å². The summed E-state index contributed by atoms with van der Waals surface area (Å²) in [6.45, 7) is 1.95. The molecule has 0 saturated carbocycles. The van der Waals surface area contributed by atoms with Crippen LogP contribution in [-0.4, -0.2) is 17.6 Å². The van der Waals surface area contributed by atoms with Gasteiger partial charge in [0.1, 0.15) is 0 Å². The normalized spacial score (nSPS) is 12.6. The molecule has 0 radical (unpaired) electrons. The van der Waals surface area contributed by atoms with Gasteiger partial charge in [-0.15, -0.1) is 0 Å². The minimum absolute atomic E-state index is 0.161. The van der Waals surface area contributed by atoms with E-state index in [1.807, 2.05) is 19.1 Å². The molecule has 1 heterocycles. The highest BCUT2D eigenvalue weighted by Crippen LogP contribution is 2.19. The molecule has 19 heavy (non-hydrogen) atoms. The Bertz CT molecular complexity index is 653. The molecule has 102 valence electrons. The molecule has 0 amide bonds. The van der Waals surface area contributed by atoms with Crippen molar-refractivity contribution < 1.29 is 13.9 Å². The minimum atomic E-state index is -0.382. The Kier molecular flexibility index (Phi) is 3.74. The zero-order valence-electron chi connectivity index (χ0n) is 11.3. The Hall–Kier alpha value is -2.04. The minimum Gasteiger partial charge on any atom is -0.469 e. The average molecular weight is 263 g/mol. The highest BCUT2D eigenvalue weighted by atomic mass is 16.5. The van der Waals surface area contributed by atoms with Crippen LogP contribution in [0.3, 0.4) is 0 Å². The molecule has 0 N–H and O–H groups in total. The van der Waals surface area contributed by atoms with E-state index in [2.05, 4.69) is 0 Å². The van der Waals surface area contributed by atoms with Crippen molar-refractivity contribution in [1.29, 1.82) is 0 Å². The van der Waals surface area contributed by atoms with Crippen LogP contribution in [0.15, 0.2) is 27.4 Å². The molecule has 1 aromatic carbocycles. The second-order valence-corrected chi connectivity index (χ2v) is 4.56. The van der Waals surface area contributed by atoms with Crippen LogP contribution < -0.4 is 5.76 Å². The first-order chi connectivity index (χ1) is 9.06. The Balaban J connectivity index is 2.33. The first-order valence-electron chi connectivity index (χ1n) is 6.23. The number of nitrogens with zero attached hydrogens (tertiary/aromatic N) is 1. The summed E-state index contributed by atoms with van der Waals surface area (Å²) < 4.78 is 11.3. The Labute approximate surface area is 110 Å².